The molecule has 3 aromatic rings. The van der Waals surface area contributed by atoms with Crippen LogP contribution in [0.4, 0.5) is 5.95 Å². The fourth-order valence-corrected chi connectivity index (χ4v) is 5.07. The van der Waals surface area contributed by atoms with Crippen molar-refractivity contribution in [2.24, 2.45) is 11.8 Å². The van der Waals surface area contributed by atoms with Crippen molar-refractivity contribution in [1.29, 1.82) is 0 Å². The molecule has 1 aromatic carbocycles. The molecule has 1 saturated carbocycles. The van der Waals surface area contributed by atoms with Crippen LogP contribution in [-0.2, 0) is 20.4 Å². The van der Waals surface area contributed by atoms with Crippen LogP contribution in [0.25, 0.3) is 11.2 Å². The van der Waals surface area contributed by atoms with Crippen LogP contribution in [0.3, 0.4) is 0 Å². The Bertz CT molecular complexity index is 1110. The maximum Gasteiger partial charge on any atom is 0.613 e. The van der Waals surface area contributed by atoms with Crippen LogP contribution in [0, 0.1) is 11.8 Å². The molecule has 3 heterocycles. The van der Waals surface area contributed by atoms with Crippen molar-refractivity contribution in [3.63, 3.8) is 0 Å². The Labute approximate surface area is 180 Å². The summed E-state index contributed by atoms with van der Waals surface area (Å²) in [7, 11) is -1.98. The number of nitrogens with two attached hydrogens (primary N) is 1. The molecule has 1 aliphatic carbocycles. The first-order chi connectivity index (χ1) is 15.1. The van der Waals surface area contributed by atoms with Crippen molar-refractivity contribution < 1.29 is 18.6 Å². The molecule has 1 aliphatic heterocycles. The summed E-state index contributed by atoms with van der Waals surface area (Å²) in [5.41, 5.74) is 8.03. The molecule has 11 heteroatoms. The fourth-order valence-electron chi connectivity index (χ4n) is 4.20. The van der Waals surface area contributed by atoms with E-state index < -0.39 is 8.18 Å². The van der Waals surface area contributed by atoms with E-state index in [9.17, 15) is 4.57 Å². The van der Waals surface area contributed by atoms with Gasteiger partial charge in [-0.3, -0.25) is 4.57 Å². The second-order valence-electron chi connectivity index (χ2n) is 7.72. The molecule has 0 bridgehead atoms. The highest BCUT2D eigenvalue weighted by molar-refractivity contribution is 7.36. The van der Waals surface area contributed by atoms with Gasteiger partial charge in [0.05, 0.1) is 25.6 Å². The zero-order chi connectivity index (χ0) is 21.5. The third-order valence-electron chi connectivity index (χ3n) is 5.73. The highest BCUT2D eigenvalue weighted by atomic mass is 31.1. The third kappa shape index (κ3) is 3.76. The summed E-state index contributed by atoms with van der Waals surface area (Å²) in [5, 5.41) is 2.93. The SMILES string of the molecule is CCOc1nc(N)nc2c1ncn2[C@@H]1O[C@@H]2C(O[P+](=O)NCc3ccccc3)C2[C@@H]1C. The van der Waals surface area contributed by atoms with Gasteiger partial charge in [0.15, 0.2) is 11.2 Å². The van der Waals surface area contributed by atoms with E-state index in [0.29, 0.717) is 30.2 Å². The summed E-state index contributed by atoms with van der Waals surface area (Å²) >= 11 is 0. The number of imidazole rings is 1. The van der Waals surface area contributed by atoms with Gasteiger partial charge in [0.25, 0.3) is 0 Å². The van der Waals surface area contributed by atoms with Crippen LogP contribution < -0.4 is 15.6 Å². The first kappa shape index (κ1) is 20.3. The van der Waals surface area contributed by atoms with Gasteiger partial charge in [0, 0.05) is 11.8 Å². The molecule has 0 amide bonds. The predicted octanol–water partition coefficient (Wildman–Crippen LogP) is 2.80. The summed E-state index contributed by atoms with van der Waals surface area (Å²) in [5.74, 6) is 0.764. The average molecular weight is 443 g/mol. The van der Waals surface area contributed by atoms with Gasteiger partial charge in [0.1, 0.15) is 12.3 Å². The molecule has 3 N–H and O–H groups in total. The van der Waals surface area contributed by atoms with Gasteiger partial charge in [-0.1, -0.05) is 42.3 Å². The van der Waals surface area contributed by atoms with Gasteiger partial charge in [-0.2, -0.15) is 9.97 Å². The quantitative estimate of drug-likeness (QED) is 0.505. The van der Waals surface area contributed by atoms with E-state index in [1.807, 2.05) is 41.8 Å². The lowest BCUT2D eigenvalue weighted by Gasteiger charge is -2.21. The topological polar surface area (TPSA) is 126 Å². The highest BCUT2D eigenvalue weighted by Crippen LogP contribution is 2.57. The number of fused-ring (bicyclic) bond motifs is 2. The molecule has 0 radical (unpaired) electrons. The zero-order valence-electron chi connectivity index (χ0n) is 17.2. The van der Waals surface area contributed by atoms with E-state index in [1.54, 1.807) is 6.33 Å². The Morgan fingerprint density at radius 3 is 2.81 bits per heavy atom. The zero-order valence-corrected chi connectivity index (χ0v) is 18.1. The van der Waals surface area contributed by atoms with Crippen molar-refractivity contribution in [3.05, 3.63) is 42.2 Å². The van der Waals surface area contributed by atoms with Crippen LogP contribution >= 0.6 is 8.18 Å². The van der Waals surface area contributed by atoms with Crippen LogP contribution in [0.2, 0.25) is 0 Å². The van der Waals surface area contributed by atoms with Crippen LogP contribution in [0.5, 0.6) is 5.88 Å². The number of nitrogens with one attached hydrogen (secondary N) is 1. The first-order valence-electron chi connectivity index (χ1n) is 10.3. The molecule has 3 unspecified atom stereocenters. The van der Waals surface area contributed by atoms with Crippen molar-refractivity contribution in [2.45, 2.75) is 38.8 Å². The summed E-state index contributed by atoms with van der Waals surface area (Å²) in [6.45, 7) is 4.90. The Morgan fingerprint density at radius 1 is 1.29 bits per heavy atom. The lowest BCUT2D eigenvalue weighted by atomic mass is 10.1. The number of benzene rings is 1. The Kier molecular flexibility index (Phi) is 5.31. The number of anilines is 1. The predicted molar refractivity (Wildman–Crippen MR) is 113 cm³/mol. The third-order valence-corrected chi connectivity index (χ3v) is 6.58. The highest BCUT2D eigenvalue weighted by Gasteiger charge is 2.67. The lowest BCUT2D eigenvalue weighted by molar-refractivity contribution is -0.0231. The smallest absolute Gasteiger partial charge is 0.476 e. The minimum atomic E-state index is -1.98. The maximum atomic E-state index is 12.3. The van der Waals surface area contributed by atoms with E-state index in [0.717, 1.165) is 5.56 Å². The molecule has 2 aromatic heterocycles. The van der Waals surface area contributed by atoms with Crippen LogP contribution in [0.15, 0.2) is 36.7 Å². The largest absolute Gasteiger partial charge is 0.613 e. The Balaban J connectivity index is 1.23. The summed E-state index contributed by atoms with van der Waals surface area (Å²) in [4.78, 5) is 12.9. The molecule has 6 atom stereocenters. The van der Waals surface area contributed by atoms with Gasteiger partial charge in [-0.25, -0.2) is 4.98 Å². The molecule has 5 rings (SSSR count). The molecule has 1 saturated heterocycles. The number of aromatic nitrogens is 4. The lowest BCUT2D eigenvalue weighted by Crippen LogP contribution is -2.21. The normalized spacial score (nSPS) is 27.3. The second kappa shape index (κ2) is 8.12. The number of hydrogen-bond acceptors (Lipinski definition) is 8. The number of hydrogen-bond donors (Lipinski definition) is 2. The molecule has 2 fully saturated rings. The Hall–Kier alpha value is -2.65. The summed E-state index contributed by atoms with van der Waals surface area (Å²) < 4.78 is 31.7. The van der Waals surface area contributed by atoms with Gasteiger partial charge < -0.3 is 15.2 Å². The molecule has 10 nitrogen and oxygen atoms in total. The van der Waals surface area contributed by atoms with Gasteiger partial charge in [0.2, 0.25) is 11.8 Å². The molecule has 162 valence electrons. The van der Waals surface area contributed by atoms with E-state index >= 15 is 0 Å². The van der Waals surface area contributed by atoms with Crippen molar-refractivity contribution in [2.75, 3.05) is 12.3 Å². The van der Waals surface area contributed by atoms with Crippen molar-refractivity contribution >= 4 is 25.3 Å². The van der Waals surface area contributed by atoms with Gasteiger partial charge in [-0.15, -0.1) is 4.52 Å². The van der Waals surface area contributed by atoms with E-state index in [2.05, 4.69) is 27.0 Å². The van der Waals surface area contributed by atoms with Crippen molar-refractivity contribution in [3.8, 4) is 5.88 Å². The molecular formula is C20H24N6O4P+. The number of nitrogen functional groups attached to an aromatic ring is 1. The molecular weight excluding hydrogens is 419 g/mol. The standard InChI is InChI=1S/C20H24N6O4P/c1-3-28-18-14-17(24-20(21)25-18)26(10-22-14)19-11(2)13-15(29-19)16(13)30-31(27)23-9-12-7-5-4-6-8-12/h4-8,10-11,13,15-16,19H,3,9H2,1-2H3,(H,23,27)(H2,21,24,25)/q+1/t11-,13?,15-,16?,19+/m0/s1. The van der Waals surface area contributed by atoms with Crippen molar-refractivity contribution in [1.82, 2.24) is 24.6 Å². The minimum Gasteiger partial charge on any atom is -0.476 e. The summed E-state index contributed by atoms with van der Waals surface area (Å²) in [6, 6.07) is 9.78. The van der Waals surface area contributed by atoms with Gasteiger partial charge >= 0.3 is 8.18 Å². The van der Waals surface area contributed by atoms with E-state index in [4.69, 9.17) is 19.7 Å². The second-order valence-corrected chi connectivity index (χ2v) is 8.76. The van der Waals surface area contributed by atoms with Crippen LogP contribution in [0.1, 0.15) is 25.6 Å². The Morgan fingerprint density at radius 2 is 2.10 bits per heavy atom. The molecule has 2 aliphatic rings. The average Bonchev–Trinajstić information content (AvgIpc) is 3.07. The fraction of sp³-hybridized carbons (Fsp3) is 0.450. The van der Waals surface area contributed by atoms with Gasteiger partial charge in [-0.05, 0) is 17.1 Å². The summed E-state index contributed by atoms with van der Waals surface area (Å²) in [6.07, 6.45) is 1.11. The minimum absolute atomic E-state index is 0.111. The number of ether oxygens (including phenoxy) is 2. The number of nitrogens with zero attached hydrogens (tertiary/aromatic N) is 4. The first-order valence-corrected chi connectivity index (χ1v) is 11.4. The number of rotatable bonds is 8. The molecule has 0 spiro atoms. The maximum absolute atomic E-state index is 12.3. The van der Waals surface area contributed by atoms with Crippen LogP contribution in [-0.4, -0.2) is 38.3 Å². The monoisotopic (exact) mass is 443 g/mol. The molecule has 31 heavy (non-hydrogen) atoms. The van der Waals surface area contributed by atoms with E-state index in [1.165, 1.54) is 0 Å². The van der Waals surface area contributed by atoms with E-state index in [-0.39, 0.29) is 36.2 Å².